The zero-order chi connectivity index (χ0) is 17.6. The molecule has 1 fully saturated rings. The van der Waals surface area contributed by atoms with Gasteiger partial charge in [-0.2, -0.15) is 0 Å². The van der Waals surface area contributed by atoms with Crippen LogP contribution in [-0.4, -0.2) is 67.7 Å². The van der Waals surface area contributed by atoms with E-state index in [9.17, 15) is 20.1 Å². The van der Waals surface area contributed by atoms with E-state index in [1.807, 2.05) is 0 Å². The molecule has 0 saturated carbocycles. The van der Waals surface area contributed by atoms with Crippen LogP contribution in [0.1, 0.15) is 22.4 Å². The lowest BCUT2D eigenvalue weighted by atomic mass is 10.1. The summed E-state index contributed by atoms with van der Waals surface area (Å²) >= 11 is 0. The molecule has 0 aliphatic carbocycles. The van der Waals surface area contributed by atoms with Gasteiger partial charge in [0.2, 0.25) is 0 Å². The molecule has 2 aromatic heterocycles. The predicted octanol–water partition coefficient (Wildman–Crippen LogP) is -1.51. The summed E-state index contributed by atoms with van der Waals surface area (Å²) in [6.07, 6.45) is -3.12. The minimum atomic E-state index is -1.30. The molecule has 1 aliphatic rings. The molecule has 1 aliphatic heterocycles. The number of hydrogen-bond acceptors (Lipinski definition) is 8. The smallest absolute Gasteiger partial charge is 0.251 e. The van der Waals surface area contributed by atoms with E-state index in [1.165, 1.54) is 10.8 Å². The molecule has 1 amide bonds. The number of ether oxygens (including phenoxy) is 1. The van der Waals surface area contributed by atoms with Crippen molar-refractivity contribution in [2.75, 3.05) is 19.0 Å². The minimum Gasteiger partial charge on any atom is -0.394 e. The number of amides is 1. The lowest BCUT2D eigenvalue weighted by Crippen LogP contribution is -2.33. The number of anilines is 1. The van der Waals surface area contributed by atoms with Crippen LogP contribution in [0.5, 0.6) is 0 Å². The first kappa shape index (κ1) is 16.6. The number of rotatable bonds is 4. The summed E-state index contributed by atoms with van der Waals surface area (Å²) in [6, 6.07) is 0. The Balaban J connectivity index is 2.22. The minimum absolute atomic E-state index is 0.159. The van der Waals surface area contributed by atoms with E-state index >= 15 is 0 Å². The predicted molar refractivity (Wildman–Crippen MR) is 83.3 cm³/mol. The summed E-state index contributed by atoms with van der Waals surface area (Å²) in [4.78, 5) is 20.3. The highest BCUT2D eigenvalue weighted by Crippen LogP contribution is 2.35. The molecule has 24 heavy (non-hydrogen) atoms. The van der Waals surface area contributed by atoms with Crippen molar-refractivity contribution in [3.63, 3.8) is 0 Å². The standard InChI is InChI=1S/C14H19N5O5/c1-5-17-12(16-2)8-6(11(15)23)3-19(13(8)18-5)14-10(22)9(21)7(4-20)24-14/h3,7,9-10,14,20-22H,4H2,1-2H3,(H2,15,23)(H,16,17,18)/t7-,9-,10-,14-/m1/s1. The molecule has 3 rings (SSSR count). The Morgan fingerprint density at radius 2 is 2.12 bits per heavy atom. The van der Waals surface area contributed by atoms with Crippen LogP contribution >= 0.6 is 0 Å². The summed E-state index contributed by atoms with van der Waals surface area (Å²) in [5.41, 5.74) is 5.93. The molecule has 1 saturated heterocycles. The Labute approximate surface area is 136 Å². The summed E-state index contributed by atoms with van der Waals surface area (Å²) in [6.45, 7) is 1.23. The van der Waals surface area contributed by atoms with Crippen LogP contribution in [0, 0.1) is 6.92 Å². The largest absolute Gasteiger partial charge is 0.394 e. The average molecular weight is 337 g/mol. The topological polar surface area (TPSA) is 156 Å². The number of carbonyl (C=O) groups excluding carboxylic acids is 1. The van der Waals surface area contributed by atoms with E-state index < -0.39 is 37.1 Å². The summed E-state index contributed by atoms with van der Waals surface area (Å²) < 4.78 is 6.94. The number of aryl methyl sites for hydroxylation is 1. The highest BCUT2D eigenvalue weighted by Gasteiger charge is 2.44. The third-order valence-electron chi connectivity index (χ3n) is 4.08. The highest BCUT2D eigenvalue weighted by atomic mass is 16.6. The van der Waals surface area contributed by atoms with Crippen LogP contribution < -0.4 is 11.1 Å². The van der Waals surface area contributed by atoms with Gasteiger partial charge in [-0.25, -0.2) is 9.97 Å². The van der Waals surface area contributed by atoms with Gasteiger partial charge in [-0.3, -0.25) is 4.79 Å². The molecule has 10 heteroatoms. The number of nitrogens with one attached hydrogen (secondary N) is 1. The van der Waals surface area contributed by atoms with Crippen molar-refractivity contribution in [1.82, 2.24) is 14.5 Å². The van der Waals surface area contributed by atoms with Crippen LogP contribution in [-0.2, 0) is 4.74 Å². The van der Waals surface area contributed by atoms with Crippen LogP contribution in [0.3, 0.4) is 0 Å². The normalized spacial score (nSPS) is 26.9. The maximum absolute atomic E-state index is 11.8. The molecule has 0 radical (unpaired) electrons. The maximum atomic E-state index is 11.8. The molecule has 10 nitrogen and oxygen atoms in total. The lowest BCUT2D eigenvalue weighted by Gasteiger charge is -2.17. The zero-order valence-electron chi connectivity index (χ0n) is 13.2. The monoisotopic (exact) mass is 337 g/mol. The van der Waals surface area contributed by atoms with Crippen LogP contribution in [0.25, 0.3) is 11.0 Å². The van der Waals surface area contributed by atoms with Crippen molar-refractivity contribution < 1.29 is 24.9 Å². The van der Waals surface area contributed by atoms with Crippen molar-refractivity contribution in [3.05, 3.63) is 17.6 Å². The molecular weight excluding hydrogens is 318 g/mol. The third kappa shape index (κ3) is 2.40. The van der Waals surface area contributed by atoms with Gasteiger partial charge in [-0.05, 0) is 6.92 Å². The second kappa shape index (κ2) is 5.98. The lowest BCUT2D eigenvalue weighted by molar-refractivity contribution is -0.0509. The molecule has 6 N–H and O–H groups in total. The Bertz CT molecular complexity index is 791. The van der Waals surface area contributed by atoms with E-state index in [4.69, 9.17) is 10.5 Å². The molecule has 0 unspecified atom stereocenters. The number of hydrogen-bond donors (Lipinski definition) is 5. The van der Waals surface area contributed by atoms with Gasteiger partial charge in [-0.15, -0.1) is 0 Å². The van der Waals surface area contributed by atoms with Crippen LogP contribution in [0.2, 0.25) is 0 Å². The van der Waals surface area contributed by atoms with E-state index in [-0.39, 0.29) is 5.56 Å². The third-order valence-corrected chi connectivity index (χ3v) is 4.08. The van der Waals surface area contributed by atoms with Gasteiger partial charge in [0, 0.05) is 13.2 Å². The maximum Gasteiger partial charge on any atom is 0.251 e. The molecule has 0 spiro atoms. The molecule has 0 bridgehead atoms. The fraction of sp³-hybridized carbons (Fsp3) is 0.500. The van der Waals surface area contributed by atoms with E-state index in [2.05, 4.69) is 15.3 Å². The SMILES string of the molecule is CNc1nc(C)nc2c1c(C(N)=O)cn2[C@@H]1O[C@H](CO)[C@@H](O)[C@H]1O. The van der Waals surface area contributed by atoms with Crippen molar-refractivity contribution in [2.45, 2.75) is 31.5 Å². The van der Waals surface area contributed by atoms with Crippen LogP contribution in [0.4, 0.5) is 5.82 Å². The number of primary amides is 1. The van der Waals surface area contributed by atoms with Gasteiger partial charge in [0.15, 0.2) is 6.23 Å². The van der Waals surface area contributed by atoms with Gasteiger partial charge in [0.1, 0.15) is 35.6 Å². The number of fused-ring (bicyclic) bond motifs is 1. The Hall–Kier alpha value is -2.27. The summed E-state index contributed by atoms with van der Waals surface area (Å²) in [5.74, 6) is 0.167. The summed E-state index contributed by atoms with van der Waals surface area (Å²) in [7, 11) is 1.65. The second-order valence-electron chi connectivity index (χ2n) is 5.61. The van der Waals surface area contributed by atoms with Gasteiger partial charge in [-0.1, -0.05) is 0 Å². The molecule has 2 aromatic rings. The molecule has 130 valence electrons. The number of aromatic nitrogens is 3. The number of nitrogens with zero attached hydrogens (tertiary/aromatic N) is 3. The second-order valence-corrected chi connectivity index (χ2v) is 5.61. The first-order valence-electron chi connectivity index (χ1n) is 7.38. The molecule has 0 aromatic carbocycles. The number of aliphatic hydroxyl groups is 3. The van der Waals surface area contributed by atoms with Gasteiger partial charge >= 0.3 is 0 Å². The van der Waals surface area contributed by atoms with Crippen LogP contribution in [0.15, 0.2) is 6.20 Å². The van der Waals surface area contributed by atoms with Gasteiger partial charge in [0.05, 0.1) is 17.6 Å². The Morgan fingerprint density at radius 1 is 1.42 bits per heavy atom. The van der Waals surface area contributed by atoms with Gasteiger partial charge in [0.25, 0.3) is 5.91 Å². The van der Waals surface area contributed by atoms with Crippen molar-refractivity contribution in [3.8, 4) is 0 Å². The Kier molecular flexibility index (Phi) is 4.13. The van der Waals surface area contributed by atoms with Gasteiger partial charge < -0.3 is 35.7 Å². The number of aliphatic hydroxyl groups excluding tert-OH is 3. The number of nitrogens with two attached hydrogens (primary N) is 1. The van der Waals surface area contributed by atoms with Crippen molar-refractivity contribution in [1.29, 1.82) is 0 Å². The first-order chi connectivity index (χ1) is 11.4. The zero-order valence-corrected chi connectivity index (χ0v) is 13.2. The molecule has 3 heterocycles. The average Bonchev–Trinajstić information content (AvgIpc) is 3.05. The van der Waals surface area contributed by atoms with E-state index in [1.54, 1.807) is 14.0 Å². The van der Waals surface area contributed by atoms with Crippen molar-refractivity contribution in [2.24, 2.45) is 5.73 Å². The molecular formula is C14H19N5O5. The fourth-order valence-electron chi connectivity index (χ4n) is 2.93. The van der Waals surface area contributed by atoms with E-state index in [0.29, 0.717) is 22.7 Å². The summed E-state index contributed by atoms with van der Waals surface area (Å²) in [5, 5.41) is 32.7. The van der Waals surface area contributed by atoms with E-state index in [0.717, 1.165) is 0 Å². The molecule has 4 atom stereocenters. The van der Waals surface area contributed by atoms with Crippen molar-refractivity contribution >= 4 is 22.8 Å². The highest BCUT2D eigenvalue weighted by molar-refractivity contribution is 6.09. The quantitative estimate of drug-likeness (QED) is 0.451. The fourth-order valence-corrected chi connectivity index (χ4v) is 2.93. The number of carbonyl (C=O) groups is 1. The Morgan fingerprint density at radius 3 is 2.67 bits per heavy atom. The first-order valence-corrected chi connectivity index (χ1v) is 7.38.